The van der Waals surface area contributed by atoms with Crippen LogP contribution < -0.4 is 11.1 Å². The molecule has 0 aliphatic heterocycles. The SMILES string of the molecule is CC(C)(C)Nc1nnc(SCc2ccc(C(N)=O)cc2)s1. The lowest BCUT2D eigenvalue weighted by Gasteiger charge is -2.18. The second-order valence-electron chi connectivity index (χ2n) is 5.60. The first-order valence-electron chi connectivity index (χ1n) is 6.47. The number of carbonyl (C=O) groups is 1. The van der Waals surface area contributed by atoms with E-state index < -0.39 is 5.91 Å². The summed E-state index contributed by atoms with van der Waals surface area (Å²) in [5, 5.41) is 12.4. The van der Waals surface area contributed by atoms with Gasteiger partial charge in [-0.2, -0.15) is 0 Å². The second kappa shape index (κ2) is 6.44. The summed E-state index contributed by atoms with van der Waals surface area (Å²) >= 11 is 3.17. The van der Waals surface area contributed by atoms with Crippen LogP contribution in [0.25, 0.3) is 0 Å². The average Bonchev–Trinajstić information content (AvgIpc) is 2.82. The van der Waals surface area contributed by atoms with Crippen LogP contribution in [0.3, 0.4) is 0 Å². The molecule has 0 radical (unpaired) electrons. The predicted molar refractivity (Wildman–Crippen MR) is 87.8 cm³/mol. The number of anilines is 1. The molecule has 1 aromatic heterocycles. The van der Waals surface area contributed by atoms with Crippen molar-refractivity contribution in [2.45, 2.75) is 36.4 Å². The maximum absolute atomic E-state index is 11.0. The highest BCUT2D eigenvalue weighted by atomic mass is 32.2. The molecule has 0 saturated heterocycles. The van der Waals surface area contributed by atoms with Gasteiger partial charge in [-0.1, -0.05) is 35.2 Å². The van der Waals surface area contributed by atoms with Gasteiger partial charge in [0, 0.05) is 16.9 Å². The number of thioether (sulfide) groups is 1. The van der Waals surface area contributed by atoms with Crippen LogP contribution >= 0.6 is 23.1 Å². The maximum atomic E-state index is 11.0. The maximum Gasteiger partial charge on any atom is 0.248 e. The Kier molecular flexibility index (Phi) is 4.84. The van der Waals surface area contributed by atoms with Gasteiger partial charge in [0.05, 0.1) is 0 Å². The summed E-state index contributed by atoms with van der Waals surface area (Å²) in [6.45, 7) is 6.25. The molecule has 0 atom stereocenters. The van der Waals surface area contributed by atoms with Crippen LogP contribution in [0.5, 0.6) is 0 Å². The van der Waals surface area contributed by atoms with E-state index in [-0.39, 0.29) is 5.54 Å². The zero-order chi connectivity index (χ0) is 15.5. The summed E-state index contributed by atoms with van der Waals surface area (Å²) in [5.41, 5.74) is 6.83. The number of nitrogens with one attached hydrogen (secondary N) is 1. The summed E-state index contributed by atoms with van der Waals surface area (Å²) in [5.74, 6) is 0.375. The molecular formula is C14H18N4OS2. The van der Waals surface area contributed by atoms with Crippen molar-refractivity contribution in [3.05, 3.63) is 35.4 Å². The Labute approximate surface area is 132 Å². The third kappa shape index (κ3) is 5.02. The summed E-state index contributed by atoms with van der Waals surface area (Å²) in [7, 11) is 0. The van der Waals surface area contributed by atoms with Crippen molar-refractivity contribution in [1.82, 2.24) is 10.2 Å². The van der Waals surface area contributed by atoms with E-state index in [1.165, 1.54) is 0 Å². The van der Waals surface area contributed by atoms with Crippen LogP contribution in [0.1, 0.15) is 36.7 Å². The highest BCUT2D eigenvalue weighted by Gasteiger charge is 2.13. The summed E-state index contributed by atoms with van der Waals surface area (Å²) in [6, 6.07) is 7.29. The number of amides is 1. The fourth-order valence-electron chi connectivity index (χ4n) is 1.55. The molecule has 3 N–H and O–H groups in total. The highest BCUT2D eigenvalue weighted by molar-refractivity contribution is 8.00. The van der Waals surface area contributed by atoms with Crippen LogP contribution in [0.2, 0.25) is 0 Å². The van der Waals surface area contributed by atoms with Gasteiger partial charge in [-0.3, -0.25) is 4.79 Å². The van der Waals surface area contributed by atoms with Crippen LogP contribution in [-0.4, -0.2) is 21.6 Å². The zero-order valence-electron chi connectivity index (χ0n) is 12.2. The van der Waals surface area contributed by atoms with E-state index in [2.05, 4.69) is 36.3 Å². The molecule has 1 aromatic carbocycles. The number of nitrogens with zero attached hydrogens (tertiary/aromatic N) is 2. The monoisotopic (exact) mass is 322 g/mol. The van der Waals surface area contributed by atoms with Gasteiger partial charge in [0.2, 0.25) is 11.0 Å². The first-order chi connectivity index (χ1) is 9.83. The second-order valence-corrected chi connectivity index (χ2v) is 7.80. The molecule has 0 fully saturated rings. The van der Waals surface area contributed by atoms with E-state index >= 15 is 0 Å². The molecule has 0 saturated carbocycles. The molecule has 2 rings (SSSR count). The Balaban J connectivity index is 1.92. The Hall–Kier alpha value is -1.60. The molecule has 0 aliphatic carbocycles. The first kappa shape index (κ1) is 15.8. The molecule has 112 valence electrons. The van der Waals surface area contributed by atoms with Crippen molar-refractivity contribution >= 4 is 34.1 Å². The van der Waals surface area contributed by atoms with Gasteiger partial charge < -0.3 is 11.1 Å². The number of carbonyl (C=O) groups excluding carboxylic acids is 1. The van der Waals surface area contributed by atoms with Gasteiger partial charge >= 0.3 is 0 Å². The molecular weight excluding hydrogens is 304 g/mol. The number of hydrogen-bond acceptors (Lipinski definition) is 6. The Bertz CT molecular complexity index is 617. The van der Waals surface area contributed by atoms with E-state index in [1.807, 2.05) is 12.1 Å². The zero-order valence-corrected chi connectivity index (χ0v) is 13.8. The molecule has 7 heteroatoms. The number of nitrogens with two attached hydrogens (primary N) is 1. The molecule has 0 unspecified atom stereocenters. The number of aromatic nitrogens is 2. The lowest BCUT2D eigenvalue weighted by Crippen LogP contribution is -2.25. The van der Waals surface area contributed by atoms with Gasteiger partial charge in [-0.15, -0.1) is 10.2 Å². The van der Waals surface area contributed by atoms with Gasteiger partial charge in [0.1, 0.15) is 0 Å². The van der Waals surface area contributed by atoms with Gasteiger partial charge in [-0.05, 0) is 38.5 Å². The summed E-state index contributed by atoms with van der Waals surface area (Å²) in [6.07, 6.45) is 0. The molecule has 5 nitrogen and oxygen atoms in total. The summed E-state index contributed by atoms with van der Waals surface area (Å²) in [4.78, 5) is 11.0. The normalized spacial score (nSPS) is 11.4. The van der Waals surface area contributed by atoms with Crippen molar-refractivity contribution in [2.24, 2.45) is 5.73 Å². The molecule has 0 spiro atoms. The van der Waals surface area contributed by atoms with Gasteiger partial charge in [0.25, 0.3) is 0 Å². The molecule has 1 amide bonds. The minimum absolute atomic E-state index is 0.0218. The van der Waals surface area contributed by atoms with Crippen molar-refractivity contribution < 1.29 is 4.79 Å². The molecule has 21 heavy (non-hydrogen) atoms. The van der Waals surface area contributed by atoms with E-state index in [9.17, 15) is 4.79 Å². The molecule has 0 bridgehead atoms. The van der Waals surface area contributed by atoms with Crippen LogP contribution in [0.4, 0.5) is 5.13 Å². The largest absolute Gasteiger partial charge is 0.366 e. The van der Waals surface area contributed by atoms with Crippen molar-refractivity contribution in [3.8, 4) is 0 Å². The number of primary amides is 1. The third-order valence-corrected chi connectivity index (χ3v) is 4.53. The van der Waals surface area contributed by atoms with Gasteiger partial charge in [-0.25, -0.2) is 0 Å². The molecule has 1 heterocycles. The van der Waals surface area contributed by atoms with E-state index in [1.54, 1.807) is 35.2 Å². The lowest BCUT2D eigenvalue weighted by molar-refractivity contribution is 0.100. The van der Waals surface area contributed by atoms with E-state index in [0.29, 0.717) is 5.56 Å². The van der Waals surface area contributed by atoms with Crippen molar-refractivity contribution in [1.29, 1.82) is 0 Å². The average molecular weight is 322 g/mol. The van der Waals surface area contributed by atoms with Crippen molar-refractivity contribution in [2.75, 3.05) is 5.32 Å². The molecule has 0 aliphatic rings. The smallest absolute Gasteiger partial charge is 0.248 e. The fraction of sp³-hybridized carbons (Fsp3) is 0.357. The number of rotatable bonds is 5. The molecule has 2 aromatic rings. The van der Waals surface area contributed by atoms with Crippen LogP contribution in [0.15, 0.2) is 28.6 Å². The minimum Gasteiger partial charge on any atom is -0.366 e. The topological polar surface area (TPSA) is 80.9 Å². The lowest BCUT2D eigenvalue weighted by atomic mass is 10.1. The highest BCUT2D eigenvalue weighted by Crippen LogP contribution is 2.29. The quantitative estimate of drug-likeness (QED) is 0.827. The van der Waals surface area contributed by atoms with Crippen molar-refractivity contribution in [3.63, 3.8) is 0 Å². The standard InChI is InChI=1S/C14H18N4OS2/c1-14(2,3)16-12-17-18-13(21-12)20-8-9-4-6-10(7-5-9)11(15)19/h4-7H,8H2,1-3H3,(H2,15,19)(H,16,17). The first-order valence-corrected chi connectivity index (χ1v) is 8.27. The van der Waals surface area contributed by atoms with E-state index in [4.69, 9.17) is 5.73 Å². The third-order valence-electron chi connectivity index (χ3n) is 2.49. The Morgan fingerprint density at radius 1 is 1.29 bits per heavy atom. The van der Waals surface area contributed by atoms with Crippen LogP contribution in [-0.2, 0) is 5.75 Å². The van der Waals surface area contributed by atoms with Crippen LogP contribution in [0, 0.1) is 0 Å². The Morgan fingerprint density at radius 3 is 2.52 bits per heavy atom. The van der Waals surface area contributed by atoms with E-state index in [0.717, 1.165) is 20.8 Å². The van der Waals surface area contributed by atoms with Gasteiger partial charge in [0.15, 0.2) is 4.34 Å². The number of hydrogen-bond donors (Lipinski definition) is 2. The Morgan fingerprint density at radius 2 is 1.95 bits per heavy atom. The summed E-state index contributed by atoms with van der Waals surface area (Å²) < 4.78 is 0.917. The predicted octanol–water partition coefficient (Wildman–Crippen LogP) is 3.14. The fourth-order valence-corrected chi connectivity index (χ4v) is 3.47. The number of benzene rings is 1. The minimum atomic E-state index is -0.406.